The standard InChI is InChI=1S/C33H35ClFN3O2S/c1-22(2)19-37-33(38-27-10-12-32(30(34)18-27)39-21-24-6-5-7-26(35)16-24)29-17-25(9-8-23(29)3)31-13-11-28(40-31)20-36-14-15-41-4/h5-13,16-19,36H,14-15,20-21H2,1-4H3,(H,37,38). The van der Waals surface area contributed by atoms with Crippen LogP contribution in [0.4, 0.5) is 10.1 Å². The zero-order valence-electron chi connectivity index (χ0n) is 23.8. The van der Waals surface area contributed by atoms with E-state index >= 15 is 0 Å². The Morgan fingerprint density at radius 3 is 2.68 bits per heavy atom. The number of thioether (sulfide) groups is 1. The van der Waals surface area contributed by atoms with E-state index < -0.39 is 0 Å². The lowest BCUT2D eigenvalue weighted by Gasteiger charge is -2.15. The van der Waals surface area contributed by atoms with Crippen LogP contribution in [0.1, 0.15) is 36.3 Å². The lowest BCUT2D eigenvalue weighted by Crippen LogP contribution is -2.15. The second-order valence-electron chi connectivity index (χ2n) is 9.84. The highest BCUT2D eigenvalue weighted by atomic mass is 35.5. The molecule has 1 aromatic heterocycles. The maximum Gasteiger partial charge on any atom is 0.138 e. The molecule has 0 unspecified atom stereocenters. The molecule has 0 amide bonds. The van der Waals surface area contributed by atoms with Crippen LogP contribution in [0, 0.1) is 12.7 Å². The van der Waals surface area contributed by atoms with Gasteiger partial charge in [0.1, 0.15) is 35.5 Å². The number of aliphatic imine (C=N–C) groups is 1. The number of allylic oxidation sites excluding steroid dienone is 1. The Labute approximate surface area is 250 Å². The largest absolute Gasteiger partial charge is 0.487 e. The fraction of sp³-hybridized carbons (Fsp3) is 0.242. The first kappa shape index (κ1) is 30.4. The summed E-state index contributed by atoms with van der Waals surface area (Å²) in [5.74, 6) is 3.66. The second kappa shape index (κ2) is 14.9. The van der Waals surface area contributed by atoms with Crippen LogP contribution in [-0.2, 0) is 13.2 Å². The summed E-state index contributed by atoms with van der Waals surface area (Å²) in [4.78, 5) is 4.77. The van der Waals surface area contributed by atoms with Crippen LogP contribution < -0.4 is 15.4 Å². The maximum atomic E-state index is 13.5. The molecule has 3 aromatic carbocycles. The van der Waals surface area contributed by atoms with Gasteiger partial charge >= 0.3 is 0 Å². The zero-order valence-corrected chi connectivity index (χ0v) is 25.3. The van der Waals surface area contributed by atoms with Crippen molar-refractivity contribution in [3.8, 4) is 17.1 Å². The van der Waals surface area contributed by atoms with Gasteiger partial charge in [0.05, 0.1) is 11.6 Å². The van der Waals surface area contributed by atoms with Crippen molar-refractivity contribution in [1.29, 1.82) is 0 Å². The number of hydrogen-bond donors (Lipinski definition) is 2. The molecular weight excluding hydrogens is 557 g/mol. The molecule has 41 heavy (non-hydrogen) atoms. The number of nitrogens with zero attached hydrogens (tertiary/aromatic N) is 1. The molecule has 0 aliphatic heterocycles. The van der Waals surface area contributed by atoms with Crippen molar-refractivity contribution in [2.45, 2.75) is 33.9 Å². The van der Waals surface area contributed by atoms with Crippen LogP contribution in [0.3, 0.4) is 0 Å². The molecule has 0 spiro atoms. The number of nitrogens with one attached hydrogen (secondary N) is 2. The van der Waals surface area contributed by atoms with Crippen LogP contribution >= 0.6 is 23.4 Å². The van der Waals surface area contributed by atoms with Gasteiger partial charge in [-0.05, 0) is 86.7 Å². The molecule has 4 rings (SSSR count). The predicted molar refractivity (Wildman–Crippen MR) is 171 cm³/mol. The average Bonchev–Trinajstić information content (AvgIpc) is 3.42. The molecule has 0 saturated heterocycles. The van der Waals surface area contributed by atoms with E-state index in [0.717, 1.165) is 57.3 Å². The smallest absolute Gasteiger partial charge is 0.138 e. The third kappa shape index (κ3) is 8.98. The molecule has 0 saturated carbocycles. The number of furan rings is 1. The monoisotopic (exact) mass is 591 g/mol. The molecule has 8 heteroatoms. The van der Waals surface area contributed by atoms with Gasteiger partial charge < -0.3 is 19.8 Å². The molecule has 5 nitrogen and oxygen atoms in total. The van der Waals surface area contributed by atoms with E-state index in [1.807, 2.05) is 56.1 Å². The zero-order chi connectivity index (χ0) is 29.2. The normalized spacial score (nSPS) is 11.4. The summed E-state index contributed by atoms with van der Waals surface area (Å²) in [6.07, 6.45) is 3.93. The first-order valence-electron chi connectivity index (χ1n) is 13.4. The number of benzene rings is 3. The fourth-order valence-corrected chi connectivity index (χ4v) is 4.61. The Bertz CT molecular complexity index is 1530. The van der Waals surface area contributed by atoms with E-state index in [4.69, 9.17) is 25.7 Å². The maximum absolute atomic E-state index is 13.5. The summed E-state index contributed by atoms with van der Waals surface area (Å²) in [6.45, 7) is 7.90. The Balaban J connectivity index is 1.54. The minimum atomic E-state index is -0.301. The van der Waals surface area contributed by atoms with Crippen molar-refractivity contribution in [2.75, 3.05) is 23.9 Å². The van der Waals surface area contributed by atoms with E-state index in [0.29, 0.717) is 23.2 Å². The molecule has 0 fully saturated rings. The number of amidine groups is 1. The molecule has 0 aliphatic rings. The Morgan fingerprint density at radius 2 is 1.93 bits per heavy atom. The van der Waals surface area contributed by atoms with Crippen molar-refractivity contribution < 1.29 is 13.5 Å². The highest BCUT2D eigenvalue weighted by Gasteiger charge is 2.13. The van der Waals surface area contributed by atoms with Gasteiger partial charge in [0.15, 0.2) is 0 Å². The van der Waals surface area contributed by atoms with Crippen molar-refractivity contribution in [1.82, 2.24) is 5.32 Å². The lowest BCUT2D eigenvalue weighted by molar-refractivity contribution is 0.306. The highest BCUT2D eigenvalue weighted by Crippen LogP contribution is 2.30. The van der Waals surface area contributed by atoms with E-state index in [1.54, 1.807) is 18.2 Å². The van der Waals surface area contributed by atoms with Crippen LogP contribution in [0.15, 0.2) is 94.0 Å². The number of aryl methyl sites for hydroxylation is 1. The molecule has 1 heterocycles. The topological polar surface area (TPSA) is 58.8 Å². The predicted octanol–water partition coefficient (Wildman–Crippen LogP) is 8.86. The van der Waals surface area contributed by atoms with Gasteiger partial charge in [-0.2, -0.15) is 11.8 Å². The quantitative estimate of drug-likeness (QED) is 0.0979. The third-order valence-electron chi connectivity index (χ3n) is 6.15. The molecule has 0 bridgehead atoms. The summed E-state index contributed by atoms with van der Waals surface area (Å²) >= 11 is 8.38. The van der Waals surface area contributed by atoms with Gasteiger partial charge in [-0.3, -0.25) is 0 Å². The van der Waals surface area contributed by atoms with Gasteiger partial charge in [-0.25, -0.2) is 9.38 Å². The number of anilines is 1. The van der Waals surface area contributed by atoms with Crippen molar-refractivity contribution in [3.63, 3.8) is 0 Å². The molecule has 214 valence electrons. The highest BCUT2D eigenvalue weighted by molar-refractivity contribution is 7.98. The van der Waals surface area contributed by atoms with Crippen LogP contribution in [0.5, 0.6) is 5.75 Å². The van der Waals surface area contributed by atoms with Crippen LogP contribution in [0.25, 0.3) is 11.3 Å². The van der Waals surface area contributed by atoms with Gasteiger partial charge in [0, 0.05) is 35.3 Å². The molecule has 2 N–H and O–H groups in total. The number of hydrogen-bond acceptors (Lipinski definition) is 5. The summed E-state index contributed by atoms with van der Waals surface area (Å²) in [5, 5.41) is 7.28. The molecule has 4 aromatic rings. The SMILES string of the molecule is CSCCNCc1ccc(-c2ccc(C)c(C(=NC=C(C)C)Nc3ccc(OCc4cccc(F)c4)c(Cl)c3)c2)o1. The Kier molecular flexibility index (Phi) is 11.1. The van der Waals surface area contributed by atoms with Gasteiger partial charge in [-0.15, -0.1) is 0 Å². The second-order valence-corrected chi connectivity index (χ2v) is 11.2. The Hall–Kier alpha value is -3.52. The van der Waals surface area contributed by atoms with E-state index in [1.165, 1.54) is 12.1 Å². The van der Waals surface area contributed by atoms with E-state index in [-0.39, 0.29) is 12.4 Å². The van der Waals surface area contributed by atoms with Crippen molar-refractivity contribution in [3.05, 3.63) is 118 Å². The molecule has 0 aliphatic carbocycles. The average molecular weight is 592 g/mol. The fourth-order valence-electron chi connectivity index (χ4n) is 4.03. The summed E-state index contributed by atoms with van der Waals surface area (Å²) < 4.78 is 25.5. The summed E-state index contributed by atoms with van der Waals surface area (Å²) in [5.41, 5.74) is 5.53. The summed E-state index contributed by atoms with van der Waals surface area (Å²) in [6, 6.07) is 22.0. The van der Waals surface area contributed by atoms with Gasteiger partial charge in [-0.1, -0.05) is 41.4 Å². The number of rotatable bonds is 12. The van der Waals surface area contributed by atoms with E-state index in [2.05, 4.69) is 42.0 Å². The lowest BCUT2D eigenvalue weighted by atomic mass is 10.0. The minimum absolute atomic E-state index is 0.214. The minimum Gasteiger partial charge on any atom is -0.487 e. The molecule has 0 radical (unpaired) electrons. The first-order valence-corrected chi connectivity index (χ1v) is 15.1. The molecular formula is C33H35ClFN3O2S. The van der Waals surface area contributed by atoms with Crippen LogP contribution in [0.2, 0.25) is 5.02 Å². The van der Waals surface area contributed by atoms with Crippen molar-refractivity contribution >= 4 is 34.9 Å². The number of ether oxygens (including phenoxy) is 1. The molecule has 0 atom stereocenters. The van der Waals surface area contributed by atoms with Crippen molar-refractivity contribution in [2.24, 2.45) is 4.99 Å². The number of halogens is 2. The summed E-state index contributed by atoms with van der Waals surface area (Å²) in [7, 11) is 0. The third-order valence-corrected chi connectivity index (χ3v) is 7.06. The van der Waals surface area contributed by atoms with Gasteiger partial charge in [0.25, 0.3) is 0 Å². The van der Waals surface area contributed by atoms with Gasteiger partial charge in [0.2, 0.25) is 0 Å². The van der Waals surface area contributed by atoms with Crippen LogP contribution in [-0.4, -0.2) is 24.4 Å². The Morgan fingerprint density at radius 1 is 1.07 bits per heavy atom. The first-order chi connectivity index (χ1) is 19.8. The van der Waals surface area contributed by atoms with E-state index in [9.17, 15) is 4.39 Å².